The number of hydrogen-bond donors (Lipinski definition) is 1. The van der Waals surface area contributed by atoms with Gasteiger partial charge in [0.15, 0.2) is 0 Å². The Hall–Kier alpha value is -2.29. The first-order valence-corrected chi connectivity index (χ1v) is 7.47. The van der Waals surface area contributed by atoms with Gasteiger partial charge >= 0.3 is 0 Å². The van der Waals surface area contributed by atoms with Crippen LogP contribution in [0.3, 0.4) is 0 Å². The minimum absolute atomic E-state index is 0.270. The molecule has 0 saturated heterocycles. The third-order valence-electron chi connectivity index (χ3n) is 4.14. The predicted octanol–water partition coefficient (Wildman–Crippen LogP) is 3.65. The fourth-order valence-electron chi connectivity index (χ4n) is 2.87. The van der Waals surface area contributed by atoms with Gasteiger partial charge in [0.25, 0.3) is 0 Å². The molecule has 1 atom stereocenters. The highest BCUT2D eigenvalue weighted by atomic mass is 16.1. The first-order chi connectivity index (χ1) is 10.3. The minimum atomic E-state index is 0.270. The number of carbonyl (C=O) groups excluding carboxylic acids is 1. The van der Waals surface area contributed by atoms with Crippen LogP contribution in [0.1, 0.15) is 18.9 Å². The van der Waals surface area contributed by atoms with Gasteiger partial charge in [0.05, 0.1) is 0 Å². The van der Waals surface area contributed by atoms with E-state index in [2.05, 4.69) is 53.5 Å². The number of aromatic nitrogens is 1. The number of nitrogens with one attached hydrogen (secondary N) is 1. The number of para-hydroxylation sites is 1. The molecule has 0 spiro atoms. The lowest BCUT2D eigenvalue weighted by Crippen LogP contribution is -2.20. The van der Waals surface area contributed by atoms with Gasteiger partial charge in [-0.1, -0.05) is 31.2 Å². The van der Waals surface area contributed by atoms with Gasteiger partial charge in [0, 0.05) is 47.5 Å². The van der Waals surface area contributed by atoms with Crippen LogP contribution in [0.15, 0.2) is 54.5 Å². The van der Waals surface area contributed by atoms with Crippen LogP contribution in [-0.2, 0) is 11.2 Å². The van der Waals surface area contributed by atoms with Gasteiger partial charge < -0.3 is 9.88 Å². The fraction of sp³-hybridized carbons (Fsp3) is 0.278. The summed E-state index contributed by atoms with van der Waals surface area (Å²) >= 11 is 0. The standard InChI is InChI=1S/C18H20N2O/c1-2-14-7-9-20(12-16(14)13-21)10-8-15-11-19-18-6-4-3-5-17(15)18/h3-7,9,11-14,19H,2,8,10H2,1H3/t14-/m1/s1. The molecule has 0 bridgehead atoms. The summed E-state index contributed by atoms with van der Waals surface area (Å²) in [6.45, 7) is 2.99. The number of fused-ring (bicyclic) bond motifs is 1. The zero-order valence-corrected chi connectivity index (χ0v) is 12.3. The van der Waals surface area contributed by atoms with E-state index in [-0.39, 0.29) is 5.92 Å². The second-order valence-corrected chi connectivity index (χ2v) is 5.45. The summed E-state index contributed by atoms with van der Waals surface area (Å²) in [5, 5.41) is 1.28. The molecule has 1 aromatic carbocycles. The molecule has 0 saturated carbocycles. The van der Waals surface area contributed by atoms with Gasteiger partial charge in [-0.05, 0) is 24.5 Å². The van der Waals surface area contributed by atoms with Crippen molar-refractivity contribution in [1.29, 1.82) is 0 Å². The van der Waals surface area contributed by atoms with Crippen LogP contribution >= 0.6 is 0 Å². The average molecular weight is 280 g/mol. The Balaban J connectivity index is 1.71. The van der Waals surface area contributed by atoms with E-state index in [9.17, 15) is 4.79 Å². The van der Waals surface area contributed by atoms with E-state index in [1.165, 1.54) is 16.5 Å². The van der Waals surface area contributed by atoms with E-state index in [4.69, 9.17) is 0 Å². The number of benzene rings is 1. The highest BCUT2D eigenvalue weighted by Gasteiger charge is 2.14. The van der Waals surface area contributed by atoms with Crippen molar-refractivity contribution in [2.24, 2.45) is 5.92 Å². The molecule has 3 nitrogen and oxygen atoms in total. The lowest BCUT2D eigenvalue weighted by atomic mass is 9.96. The SMILES string of the molecule is CC[C@@H]1C=CN(CCc2c[nH]c3ccccc23)C=C1C=O. The third kappa shape index (κ3) is 2.77. The number of nitrogens with zero attached hydrogens (tertiary/aromatic N) is 1. The Kier molecular flexibility index (Phi) is 3.91. The van der Waals surface area contributed by atoms with Gasteiger partial charge in [-0.15, -0.1) is 0 Å². The first kappa shape index (κ1) is 13.7. The molecule has 1 N–H and O–H groups in total. The molecule has 3 heteroatoms. The molecule has 1 aliphatic heterocycles. The Morgan fingerprint density at radius 3 is 3.00 bits per heavy atom. The molecule has 2 heterocycles. The molecular formula is C18H20N2O. The molecule has 21 heavy (non-hydrogen) atoms. The van der Waals surface area contributed by atoms with E-state index >= 15 is 0 Å². The topological polar surface area (TPSA) is 36.1 Å². The highest BCUT2D eigenvalue weighted by molar-refractivity contribution is 5.83. The molecule has 3 rings (SSSR count). The van der Waals surface area contributed by atoms with Crippen LogP contribution in [0.2, 0.25) is 0 Å². The lowest BCUT2D eigenvalue weighted by molar-refractivity contribution is -0.105. The zero-order valence-electron chi connectivity index (χ0n) is 12.3. The zero-order chi connectivity index (χ0) is 14.7. The molecule has 1 aliphatic rings. The number of rotatable bonds is 5. The van der Waals surface area contributed by atoms with Crippen LogP contribution in [0.25, 0.3) is 10.9 Å². The lowest BCUT2D eigenvalue weighted by Gasteiger charge is -2.24. The molecular weight excluding hydrogens is 260 g/mol. The second-order valence-electron chi connectivity index (χ2n) is 5.45. The molecule has 0 radical (unpaired) electrons. The van der Waals surface area contributed by atoms with Crippen LogP contribution in [0, 0.1) is 5.92 Å². The van der Waals surface area contributed by atoms with Crippen molar-refractivity contribution in [2.75, 3.05) is 6.54 Å². The quantitative estimate of drug-likeness (QED) is 0.849. The average Bonchev–Trinajstić information content (AvgIpc) is 2.96. The Labute approximate surface area is 125 Å². The number of carbonyl (C=O) groups is 1. The van der Waals surface area contributed by atoms with Gasteiger partial charge in [0.2, 0.25) is 0 Å². The molecule has 0 fully saturated rings. The number of aldehydes is 1. The maximum Gasteiger partial charge on any atom is 0.148 e. The predicted molar refractivity (Wildman–Crippen MR) is 85.8 cm³/mol. The monoisotopic (exact) mass is 280 g/mol. The summed E-state index contributed by atoms with van der Waals surface area (Å²) < 4.78 is 0. The van der Waals surface area contributed by atoms with Gasteiger partial charge in [-0.3, -0.25) is 4.79 Å². The smallest absolute Gasteiger partial charge is 0.148 e. The summed E-state index contributed by atoms with van der Waals surface area (Å²) in [5.74, 6) is 0.270. The largest absolute Gasteiger partial charge is 0.361 e. The van der Waals surface area contributed by atoms with Crippen LogP contribution in [0.5, 0.6) is 0 Å². The van der Waals surface area contributed by atoms with Gasteiger partial charge in [-0.25, -0.2) is 0 Å². The van der Waals surface area contributed by atoms with Crippen LogP contribution < -0.4 is 0 Å². The van der Waals surface area contributed by atoms with Crippen molar-refractivity contribution in [2.45, 2.75) is 19.8 Å². The van der Waals surface area contributed by atoms with E-state index in [1.807, 2.05) is 12.3 Å². The van der Waals surface area contributed by atoms with Crippen LogP contribution in [0.4, 0.5) is 0 Å². The van der Waals surface area contributed by atoms with Crippen molar-refractivity contribution in [1.82, 2.24) is 9.88 Å². The fourth-order valence-corrected chi connectivity index (χ4v) is 2.87. The van der Waals surface area contributed by atoms with Crippen molar-refractivity contribution >= 4 is 17.2 Å². The Morgan fingerprint density at radius 2 is 2.19 bits per heavy atom. The van der Waals surface area contributed by atoms with E-state index in [1.54, 1.807) is 0 Å². The van der Waals surface area contributed by atoms with Crippen molar-refractivity contribution < 1.29 is 4.79 Å². The van der Waals surface area contributed by atoms with Crippen LogP contribution in [-0.4, -0.2) is 22.7 Å². The number of H-pyrrole nitrogens is 1. The maximum atomic E-state index is 11.1. The second kappa shape index (κ2) is 6.00. The molecule has 0 amide bonds. The molecule has 1 aromatic heterocycles. The maximum absolute atomic E-state index is 11.1. The van der Waals surface area contributed by atoms with E-state index < -0.39 is 0 Å². The van der Waals surface area contributed by atoms with E-state index in [0.717, 1.165) is 31.2 Å². The summed E-state index contributed by atoms with van der Waals surface area (Å²) in [5.41, 5.74) is 3.37. The van der Waals surface area contributed by atoms with Gasteiger partial charge in [0.1, 0.15) is 6.29 Å². The molecule has 2 aromatic rings. The van der Waals surface area contributed by atoms with Crippen molar-refractivity contribution in [3.63, 3.8) is 0 Å². The number of hydrogen-bond acceptors (Lipinski definition) is 2. The molecule has 0 aliphatic carbocycles. The number of allylic oxidation sites excluding steroid dienone is 2. The summed E-state index contributed by atoms with van der Waals surface area (Å²) in [6.07, 6.45) is 11.2. The summed E-state index contributed by atoms with van der Waals surface area (Å²) in [6, 6.07) is 8.35. The summed E-state index contributed by atoms with van der Waals surface area (Å²) in [4.78, 5) is 16.6. The Bertz CT molecular complexity index is 696. The first-order valence-electron chi connectivity index (χ1n) is 7.47. The van der Waals surface area contributed by atoms with Crippen molar-refractivity contribution in [3.05, 3.63) is 60.1 Å². The molecule has 108 valence electrons. The normalized spacial score (nSPS) is 18.0. The number of aromatic amines is 1. The summed E-state index contributed by atoms with van der Waals surface area (Å²) in [7, 11) is 0. The molecule has 0 unspecified atom stereocenters. The van der Waals surface area contributed by atoms with Crippen molar-refractivity contribution in [3.8, 4) is 0 Å². The highest BCUT2D eigenvalue weighted by Crippen LogP contribution is 2.22. The van der Waals surface area contributed by atoms with E-state index in [0.29, 0.717) is 0 Å². The Morgan fingerprint density at radius 1 is 1.33 bits per heavy atom. The minimum Gasteiger partial charge on any atom is -0.361 e. The van der Waals surface area contributed by atoms with Gasteiger partial charge in [-0.2, -0.15) is 0 Å². The third-order valence-corrected chi connectivity index (χ3v) is 4.14.